The number of benzene rings is 2. The lowest BCUT2D eigenvalue weighted by molar-refractivity contribution is 0.197. The van der Waals surface area contributed by atoms with E-state index in [0.29, 0.717) is 23.7 Å². The number of rotatable bonds is 5. The standard InChI is InChI=1S/C27H23N5OS2/c28-12-15-32-23(30-26-24(27(32)33)20(17-34-26)18-6-2-1-3-7-18)16-31-13-10-19(11-14-31)25-29-21-8-4-5-9-22(21)35-25/h1-9,17,19H,10-11,13-16H2. The minimum Gasteiger partial charge on any atom is -0.296 e. The van der Waals surface area contributed by atoms with Crippen LogP contribution in [0.25, 0.3) is 31.6 Å². The van der Waals surface area contributed by atoms with Crippen LogP contribution in [0.3, 0.4) is 0 Å². The molecule has 0 unspecified atom stereocenters. The maximum atomic E-state index is 13.5. The Morgan fingerprint density at radius 2 is 1.80 bits per heavy atom. The van der Waals surface area contributed by atoms with Gasteiger partial charge in [0.1, 0.15) is 17.2 Å². The van der Waals surface area contributed by atoms with Gasteiger partial charge in [-0.1, -0.05) is 42.5 Å². The van der Waals surface area contributed by atoms with Crippen molar-refractivity contribution >= 4 is 43.1 Å². The molecule has 0 atom stereocenters. The number of nitrogens with zero attached hydrogens (tertiary/aromatic N) is 5. The van der Waals surface area contributed by atoms with E-state index in [9.17, 15) is 10.1 Å². The molecule has 1 fully saturated rings. The van der Waals surface area contributed by atoms with E-state index in [0.717, 1.165) is 47.4 Å². The van der Waals surface area contributed by atoms with Crippen LogP contribution >= 0.6 is 22.7 Å². The zero-order valence-corrected chi connectivity index (χ0v) is 20.7. The van der Waals surface area contributed by atoms with Crippen LogP contribution in [0.2, 0.25) is 0 Å². The Bertz CT molecular complexity index is 1570. The highest BCUT2D eigenvalue weighted by atomic mass is 32.1. The number of thiazole rings is 1. The number of piperidine rings is 1. The highest BCUT2D eigenvalue weighted by molar-refractivity contribution is 7.18. The van der Waals surface area contributed by atoms with Crippen molar-refractivity contribution in [1.82, 2.24) is 19.4 Å². The van der Waals surface area contributed by atoms with Crippen molar-refractivity contribution in [3.05, 3.63) is 81.2 Å². The second-order valence-corrected chi connectivity index (χ2v) is 10.8. The molecule has 0 saturated carbocycles. The summed E-state index contributed by atoms with van der Waals surface area (Å²) >= 11 is 3.29. The predicted octanol–water partition coefficient (Wildman–Crippen LogP) is 5.64. The number of hydrogen-bond acceptors (Lipinski definition) is 7. The third-order valence-electron chi connectivity index (χ3n) is 6.70. The van der Waals surface area contributed by atoms with Crippen molar-refractivity contribution in [2.45, 2.75) is 31.8 Å². The molecule has 0 bridgehead atoms. The van der Waals surface area contributed by atoms with Gasteiger partial charge in [0.25, 0.3) is 5.56 Å². The normalized spacial score (nSPS) is 15.1. The maximum absolute atomic E-state index is 13.5. The Morgan fingerprint density at radius 3 is 2.57 bits per heavy atom. The van der Waals surface area contributed by atoms with E-state index in [2.05, 4.69) is 29.2 Å². The van der Waals surface area contributed by atoms with Crippen LogP contribution in [-0.2, 0) is 13.1 Å². The summed E-state index contributed by atoms with van der Waals surface area (Å²) < 4.78 is 2.80. The Labute approximate surface area is 210 Å². The highest BCUT2D eigenvalue weighted by Gasteiger charge is 2.25. The molecule has 3 aromatic heterocycles. The van der Waals surface area contributed by atoms with Crippen LogP contribution < -0.4 is 5.56 Å². The van der Waals surface area contributed by atoms with Crippen molar-refractivity contribution in [2.75, 3.05) is 13.1 Å². The molecule has 0 amide bonds. The molecular weight excluding hydrogens is 474 g/mol. The van der Waals surface area contributed by atoms with Gasteiger partial charge in [0.15, 0.2) is 0 Å². The summed E-state index contributed by atoms with van der Waals surface area (Å²) in [5.41, 5.74) is 2.83. The lowest BCUT2D eigenvalue weighted by atomic mass is 9.97. The second-order valence-electron chi connectivity index (χ2n) is 8.84. The van der Waals surface area contributed by atoms with Gasteiger partial charge in [0.05, 0.1) is 33.2 Å². The van der Waals surface area contributed by atoms with Gasteiger partial charge in [0, 0.05) is 16.9 Å². The van der Waals surface area contributed by atoms with E-state index >= 15 is 0 Å². The Kier molecular flexibility index (Phi) is 5.90. The van der Waals surface area contributed by atoms with E-state index in [1.807, 2.05) is 41.8 Å². The van der Waals surface area contributed by atoms with Crippen LogP contribution in [-0.4, -0.2) is 32.5 Å². The fourth-order valence-electron chi connectivity index (χ4n) is 4.85. The van der Waals surface area contributed by atoms with Crippen LogP contribution in [0.4, 0.5) is 0 Å². The summed E-state index contributed by atoms with van der Waals surface area (Å²) in [6.07, 6.45) is 2.06. The second kappa shape index (κ2) is 9.34. The van der Waals surface area contributed by atoms with Crippen molar-refractivity contribution in [1.29, 1.82) is 5.26 Å². The molecular formula is C27H23N5OS2. The number of para-hydroxylation sites is 1. The zero-order valence-electron chi connectivity index (χ0n) is 19.1. The van der Waals surface area contributed by atoms with Gasteiger partial charge in [-0.05, 0) is 43.6 Å². The molecule has 1 aliphatic rings. The van der Waals surface area contributed by atoms with Gasteiger partial charge < -0.3 is 0 Å². The Hall–Kier alpha value is -3.38. The number of hydrogen-bond donors (Lipinski definition) is 0. The summed E-state index contributed by atoms with van der Waals surface area (Å²) in [5, 5.41) is 13.3. The fourth-order valence-corrected chi connectivity index (χ4v) is 6.95. The molecule has 0 radical (unpaired) electrons. The molecule has 0 aliphatic carbocycles. The van der Waals surface area contributed by atoms with E-state index in [1.165, 1.54) is 21.0 Å². The summed E-state index contributed by atoms with van der Waals surface area (Å²) in [5.74, 6) is 1.13. The lowest BCUT2D eigenvalue weighted by Gasteiger charge is -2.31. The summed E-state index contributed by atoms with van der Waals surface area (Å²) in [6.45, 7) is 2.41. The van der Waals surface area contributed by atoms with Crippen LogP contribution in [0.5, 0.6) is 0 Å². The van der Waals surface area contributed by atoms with Crippen molar-refractivity contribution in [3.8, 4) is 17.2 Å². The average Bonchev–Trinajstić information content (AvgIpc) is 3.52. The first-order chi connectivity index (χ1) is 17.2. The first kappa shape index (κ1) is 22.1. The van der Waals surface area contributed by atoms with Crippen LogP contribution in [0.1, 0.15) is 29.6 Å². The lowest BCUT2D eigenvalue weighted by Crippen LogP contribution is -2.35. The van der Waals surface area contributed by atoms with Crippen LogP contribution in [0, 0.1) is 11.3 Å². The topological polar surface area (TPSA) is 74.8 Å². The molecule has 4 heterocycles. The monoisotopic (exact) mass is 497 g/mol. The number of likely N-dealkylation sites (tertiary alicyclic amines) is 1. The van der Waals surface area contributed by atoms with Crippen molar-refractivity contribution < 1.29 is 0 Å². The molecule has 0 N–H and O–H groups in total. The SMILES string of the molecule is N#CCn1c(CN2CCC(c3nc4ccccc4s3)CC2)nc2scc(-c3ccccc3)c2c1=O. The molecule has 8 heteroatoms. The summed E-state index contributed by atoms with van der Waals surface area (Å²) in [6, 6.07) is 20.4. The van der Waals surface area contributed by atoms with Gasteiger partial charge >= 0.3 is 0 Å². The molecule has 5 aromatic rings. The predicted molar refractivity (Wildman–Crippen MR) is 142 cm³/mol. The van der Waals surface area contributed by atoms with E-state index in [1.54, 1.807) is 15.9 Å². The number of thiophene rings is 1. The molecule has 1 saturated heterocycles. The first-order valence-electron chi connectivity index (χ1n) is 11.7. The van der Waals surface area contributed by atoms with Crippen LogP contribution in [0.15, 0.2) is 64.8 Å². The molecule has 6 rings (SSSR count). The van der Waals surface area contributed by atoms with Crippen molar-refractivity contribution in [2.24, 2.45) is 0 Å². The average molecular weight is 498 g/mol. The Balaban J connectivity index is 1.25. The molecule has 1 aliphatic heterocycles. The number of fused-ring (bicyclic) bond motifs is 2. The van der Waals surface area contributed by atoms with Gasteiger partial charge in [-0.15, -0.1) is 22.7 Å². The minimum absolute atomic E-state index is 0.00333. The fraction of sp³-hybridized carbons (Fsp3) is 0.259. The number of nitriles is 1. The first-order valence-corrected chi connectivity index (χ1v) is 13.4. The highest BCUT2D eigenvalue weighted by Crippen LogP contribution is 2.34. The van der Waals surface area contributed by atoms with Gasteiger partial charge in [-0.25, -0.2) is 9.97 Å². The summed E-state index contributed by atoms with van der Waals surface area (Å²) in [7, 11) is 0. The third kappa shape index (κ3) is 4.16. The Morgan fingerprint density at radius 1 is 1.03 bits per heavy atom. The van der Waals surface area contributed by atoms with E-state index < -0.39 is 0 Å². The smallest absolute Gasteiger partial charge is 0.263 e. The van der Waals surface area contributed by atoms with E-state index in [4.69, 9.17) is 9.97 Å². The summed E-state index contributed by atoms with van der Waals surface area (Å²) in [4.78, 5) is 26.3. The number of aromatic nitrogens is 3. The van der Waals surface area contributed by atoms with Gasteiger partial charge in [0.2, 0.25) is 0 Å². The third-order valence-corrected chi connectivity index (χ3v) is 8.77. The quantitative estimate of drug-likeness (QED) is 0.314. The zero-order chi connectivity index (χ0) is 23.8. The largest absolute Gasteiger partial charge is 0.296 e. The van der Waals surface area contributed by atoms with E-state index in [-0.39, 0.29) is 12.1 Å². The molecule has 0 spiro atoms. The van der Waals surface area contributed by atoms with Gasteiger partial charge in [-0.2, -0.15) is 5.26 Å². The molecule has 2 aromatic carbocycles. The van der Waals surface area contributed by atoms with Gasteiger partial charge in [-0.3, -0.25) is 14.3 Å². The molecule has 6 nitrogen and oxygen atoms in total. The molecule has 35 heavy (non-hydrogen) atoms. The maximum Gasteiger partial charge on any atom is 0.263 e. The van der Waals surface area contributed by atoms with Crippen molar-refractivity contribution in [3.63, 3.8) is 0 Å². The molecule has 174 valence electrons. The minimum atomic E-state index is -0.129.